The number of halogens is 2. The first-order valence-electron chi connectivity index (χ1n) is 11.8. The number of hydrazone groups is 1. The Morgan fingerprint density at radius 3 is 2.50 bits per heavy atom. The third-order valence-corrected chi connectivity index (χ3v) is 8.45. The topological polar surface area (TPSA) is 92.0 Å². The average molecular weight is 702 g/mol. The summed E-state index contributed by atoms with van der Waals surface area (Å²) in [6.45, 7) is 0.423. The summed E-state index contributed by atoms with van der Waals surface area (Å²) in [6.07, 6.45) is 0.749. The minimum atomic E-state index is -1.00. The predicted molar refractivity (Wildman–Crippen MR) is 150 cm³/mol. The zero-order valence-corrected chi connectivity index (χ0v) is 24.9. The molecule has 3 aromatic rings. The molecule has 0 aliphatic carbocycles. The van der Waals surface area contributed by atoms with E-state index in [1.54, 1.807) is 12.1 Å². The Morgan fingerprint density at radius 2 is 1.79 bits per heavy atom. The molecule has 0 bridgehead atoms. The first kappa shape index (κ1) is 26.6. The molecule has 0 radical (unpaired) electrons. The number of ether oxygens (including phenoxy) is 2. The van der Waals surface area contributed by atoms with Gasteiger partial charge in [0.1, 0.15) is 0 Å². The summed E-state index contributed by atoms with van der Waals surface area (Å²) in [5.41, 5.74) is 3.39. The molecule has 0 spiro atoms. The van der Waals surface area contributed by atoms with Crippen molar-refractivity contribution in [3.05, 3.63) is 92.4 Å². The van der Waals surface area contributed by atoms with Crippen LogP contribution in [0.15, 0.2) is 80.8 Å². The minimum absolute atomic E-state index is 0.113. The van der Waals surface area contributed by atoms with Gasteiger partial charge in [0.05, 0.1) is 5.71 Å². The van der Waals surface area contributed by atoms with E-state index < -0.39 is 11.9 Å². The Balaban J connectivity index is 1.39. The van der Waals surface area contributed by atoms with Crippen LogP contribution in [-0.4, -0.2) is 44.2 Å². The van der Waals surface area contributed by atoms with Crippen molar-refractivity contribution in [1.29, 1.82) is 5.26 Å². The second kappa shape index (κ2) is 11.8. The number of rotatable bonds is 7. The number of benzene rings is 3. The summed E-state index contributed by atoms with van der Waals surface area (Å²) in [5.74, 6) is -1.03. The number of esters is 1. The molecule has 0 aromatic heterocycles. The summed E-state index contributed by atoms with van der Waals surface area (Å²) in [6, 6.07) is 20.5. The number of carbonyl (C=O) groups excluding carboxylic acids is 2. The van der Waals surface area contributed by atoms with E-state index in [2.05, 4.69) is 36.8 Å². The quantitative estimate of drug-likeness (QED) is 0.104. The van der Waals surface area contributed by atoms with Gasteiger partial charge in [-0.05, 0) is 35.4 Å². The Morgan fingerprint density at radius 1 is 1.08 bits per heavy atom. The zero-order chi connectivity index (χ0) is 26.6. The molecular formula is C28H21Br2N3O4Se. The fourth-order valence-electron chi connectivity index (χ4n) is 4.44. The second-order valence-electron chi connectivity index (χ2n) is 8.74. The van der Waals surface area contributed by atoms with Crippen LogP contribution in [0.5, 0.6) is 11.5 Å². The third-order valence-electron chi connectivity index (χ3n) is 6.34. The van der Waals surface area contributed by atoms with E-state index in [0.29, 0.717) is 29.8 Å². The molecule has 0 fully saturated rings. The maximum absolute atomic E-state index is 13.8. The van der Waals surface area contributed by atoms with Gasteiger partial charge in [-0.25, -0.2) is 0 Å². The van der Waals surface area contributed by atoms with E-state index in [0.717, 1.165) is 31.3 Å². The van der Waals surface area contributed by atoms with Crippen LogP contribution in [0.2, 0.25) is 5.32 Å². The molecular weight excluding hydrogens is 681 g/mol. The van der Waals surface area contributed by atoms with Crippen LogP contribution in [0.3, 0.4) is 0 Å². The van der Waals surface area contributed by atoms with Gasteiger partial charge >= 0.3 is 132 Å². The van der Waals surface area contributed by atoms with Crippen molar-refractivity contribution in [1.82, 2.24) is 5.01 Å². The Labute approximate surface area is 243 Å². The van der Waals surface area contributed by atoms with E-state index >= 15 is 0 Å². The molecule has 1 amide bonds. The maximum atomic E-state index is 13.8. The van der Waals surface area contributed by atoms with E-state index in [-0.39, 0.29) is 33.3 Å². The van der Waals surface area contributed by atoms with Crippen LogP contribution in [0.4, 0.5) is 0 Å². The van der Waals surface area contributed by atoms with Crippen LogP contribution >= 0.6 is 31.9 Å². The standard InChI is InChI=1S/C28H21Br2N3O4Se/c29-20-6-1-17(2-7-20)24-15-25(18-3-8-21(30)9-4-18)33(32-24)27(34)23-13-19-5-10-22(36-11-12-38-16-31)14-26(19)37-28(23)35/h1-10,14,23,25H,11-13,15H2. The number of hydrogen-bond donors (Lipinski definition) is 0. The average Bonchev–Trinajstić information content (AvgIpc) is 3.36. The van der Waals surface area contributed by atoms with Gasteiger partial charge in [0, 0.05) is 15.4 Å². The molecule has 0 saturated carbocycles. The van der Waals surface area contributed by atoms with Gasteiger partial charge in [-0.2, -0.15) is 0 Å². The summed E-state index contributed by atoms with van der Waals surface area (Å²) in [7, 11) is 0. The van der Waals surface area contributed by atoms with Crippen LogP contribution in [0.1, 0.15) is 29.2 Å². The Bertz CT molecular complexity index is 1440. The van der Waals surface area contributed by atoms with Crippen molar-refractivity contribution in [2.75, 3.05) is 6.61 Å². The van der Waals surface area contributed by atoms with Crippen molar-refractivity contribution < 1.29 is 19.1 Å². The molecule has 10 heteroatoms. The van der Waals surface area contributed by atoms with E-state index in [9.17, 15) is 9.59 Å². The van der Waals surface area contributed by atoms with Gasteiger partial charge in [-0.15, -0.1) is 0 Å². The fourth-order valence-corrected chi connectivity index (χ4v) is 5.51. The second-order valence-corrected chi connectivity index (χ2v) is 12.4. The Kier molecular flexibility index (Phi) is 8.29. The van der Waals surface area contributed by atoms with Gasteiger partial charge < -0.3 is 0 Å². The SMILES string of the molecule is N#C[Se]CCOc1ccc2c(c1)OC(=O)C(C(=O)N1N=C(c3ccc(Br)cc3)CC1c1ccc(Br)cc1)C2. The van der Waals surface area contributed by atoms with Crippen LogP contribution in [-0.2, 0) is 16.0 Å². The normalized spacial score (nSPS) is 18.3. The molecule has 2 aliphatic rings. The summed E-state index contributed by atoms with van der Waals surface area (Å²) < 4.78 is 13.2. The van der Waals surface area contributed by atoms with E-state index in [4.69, 9.17) is 19.8 Å². The molecule has 2 heterocycles. The van der Waals surface area contributed by atoms with Crippen molar-refractivity contribution in [3.63, 3.8) is 0 Å². The number of hydrogen-bond acceptors (Lipinski definition) is 6. The number of nitrogens with zero attached hydrogens (tertiary/aromatic N) is 3. The van der Waals surface area contributed by atoms with Crippen molar-refractivity contribution in [3.8, 4) is 16.5 Å². The summed E-state index contributed by atoms with van der Waals surface area (Å²) in [5, 5.41) is 15.5. The number of carbonyl (C=O) groups is 2. The first-order chi connectivity index (χ1) is 18.4. The summed E-state index contributed by atoms with van der Waals surface area (Å²) in [4.78, 5) is 29.0. The molecule has 2 atom stereocenters. The zero-order valence-electron chi connectivity index (χ0n) is 20.0. The molecule has 7 nitrogen and oxygen atoms in total. The number of nitriles is 1. The molecule has 2 unspecified atom stereocenters. The molecule has 3 aromatic carbocycles. The predicted octanol–water partition coefficient (Wildman–Crippen LogP) is 5.65. The molecule has 0 saturated heterocycles. The van der Waals surface area contributed by atoms with Gasteiger partial charge in [0.15, 0.2) is 0 Å². The van der Waals surface area contributed by atoms with Crippen molar-refractivity contribution >= 4 is 64.4 Å². The van der Waals surface area contributed by atoms with Crippen LogP contribution in [0.25, 0.3) is 0 Å². The summed E-state index contributed by atoms with van der Waals surface area (Å²) >= 11 is 6.82. The van der Waals surface area contributed by atoms with E-state index in [1.807, 2.05) is 54.6 Å². The Hall–Kier alpha value is -2.96. The van der Waals surface area contributed by atoms with Gasteiger partial charge in [-0.1, -0.05) is 56.1 Å². The molecule has 38 heavy (non-hydrogen) atoms. The fraction of sp³-hybridized carbons (Fsp3) is 0.214. The van der Waals surface area contributed by atoms with Crippen LogP contribution < -0.4 is 9.47 Å². The molecule has 0 N–H and O–H groups in total. The van der Waals surface area contributed by atoms with Gasteiger partial charge in [0.2, 0.25) is 0 Å². The third kappa shape index (κ3) is 5.87. The molecule has 5 rings (SSSR count). The van der Waals surface area contributed by atoms with Crippen molar-refractivity contribution in [2.24, 2.45) is 11.0 Å². The van der Waals surface area contributed by atoms with Crippen molar-refractivity contribution in [2.45, 2.75) is 24.2 Å². The molecule has 2 aliphatic heterocycles. The number of fused-ring (bicyclic) bond motifs is 1. The van der Waals surface area contributed by atoms with Crippen LogP contribution in [0, 0.1) is 16.1 Å². The van der Waals surface area contributed by atoms with Gasteiger partial charge in [-0.3, -0.25) is 0 Å². The monoisotopic (exact) mass is 701 g/mol. The number of amides is 1. The molecule has 192 valence electrons. The van der Waals surface area contributed by atoms with Gasteiger partial charge in [0.25, 0.3) is 0 Å². The first-order valence-corrected chi connectivity index (χ1v) is 15.5. The van der Waals surface area contributed by atoms with E-state index in [1.165, 1.54) is 5.01 Å².